The van der Waals surface area contributed by atoms with Gasteiger partial charge in [0.1, 0.15) is 30.8 Å². The summed E-state index contributed by atoms with van der Waals surface area (Å²) in [4.78, 5) is 15.7. The van der Waals surface area contributed by atoms with Gasteiger partial charge in [-0.2, -0.15) is 5.10 Å². The zero-order chi connectivity index (χ0) is 19.2. The molecule has 0 N–H and O–H groups in total. The van der Waals surface area contributed by atoms with Crippen molar-refractivity contribution in [1.29, 1.82) is 0 Å². The first-order valence-corrected chi connectivity index (χ1v) is 8.00. The zero-order valence-electron chi connectivity index (χ0n) is 14.8. The van der Waals surface area contributed by atoms with E-state index in [0.29, 0.717) is 17.1 Å². The van der Waals surface area contributed by atoms with Crippen LogP contribution >= 0.6 is 0 Å². The van der Waals surface area contributed by atoms with Crippen molar-refractivity contribution in [2.75, 3.05) is 7.11 Å². The molecular weight excluding hydrogens is 350 g/mol. The van der Waals surface area contributed by atoms with Crippen LogP contribution in [0, 0.1) is 17.0 Å². The molecular formula is C18H17N5O4. The molecule has 9 nitrogen and oxygen atoms in total. The minimum Gasteiger partial charge on any atom is -0.496 e. The van der Waals surface area contributed by atoms with Crippen LogP contribution in [-0.2, 0) is 6.61 Å². The van der Waals surface area contributed by atoms with E-state index in [-0.39, 0.29) is 12.3 Å². The number of benzene rings is 2. The summed E-state index contributed by atoms with van der Waals surface area (Å²) in [6, 6.07) is 10.2. The van der Waals surface area contributed by atoms with Gasteiger partial charge in [0.2, 0.25) is 0 Å². The van der Waals surface area contributed by atoms with E-state index in [1.165, 1.54) is 23.5 Å². The second-order valence-electron chi connectivity index (χ2n) is 5.63. The minimum absolute atomic E-state index is 0.0613. The number of hydrogen-bond donors (Lipinski definition) is 0. The smallest absolute Gasteiger partial charge is 0.272 e. The number of hydrogen-bond acceptors (Lipinski definition) is 7. The Morgan fingerprint density at radius 1 is 1.30 bits per heavy atom. The Kier molecular flexibility index (Phi) is 5.41. The van der Waals surface area contributed by atoms with E-state index < -0.39 is 4.92 Å². The molecule has 1 aromatic heterocycles. The predicted molar refractivity (Wildman–Crippen MR) is 98.2 cm³/mol. The molecule has 1 heterocycles. The van der Waals surface area contributed by atoms with Gasteiger partial charge in [-0.3, -0.25) is 10.1 Å². The molecule has 0 bridgehead atoms. The second-order valence-corrected chi connectivity index (χ2v) is 5.63. The van der Waals surface area contributed by atoms with Gasteiger partial charge in [-0.25, -0.2) is 4.98 Å². The van der Waals surface area contributed by atoms with Crippen molar-refractivity contribution >= 4 is 11.9 Å². The van der Waals surface area contributed by atoms with Crippen LogP contribution in [-0.4, -0.2) is 33.1 Å². The maximum Gasteiger partial charge on any atom is 0.272 e. The Hall–Kier alpha value is -3.75. The third-order valence-electron chi connectivity index (χ3n) is 3.80. The van der Waals surface area contributed by atoms with E-state index >= 15 is 0 Å². The van der Waals surface area contributed by atoms with E-state index in [4.69, 9.17) is 9.47 Å². The van der Waals surface area contributed by atoms with E-state index in [1.54, 1.807) is 32.4 Å². The van der Waals surface area contributed by atoms with Crippen LogP contribution < -0.4 is 9.47 Å². The molecule has 0 unspecified atom stereocenters. The van der Waals surface area contributed by atoms with Crippen molar-refractivity contribution in [2.45, 2.75) is 13.5 Å². The van der Waals surface area contributed by atoms with Gasteiger partial charge in [0.05, 0.1) is 18.2 Å². The quantitative estimate of drug-likeness (QED) is 0.361. The van der Waals surface area contributed by atoms with E-state index in [2.05, 4.69) is 15.2 Å². The van der Waals surface area contributed by atoms with Gasteiger partial charge in [0.15, 0.2) is 0 Å². The lowest BCUT2D eigenvalue weighted by atomic mass is 10.1. The topological polar surface area (TPSA) is 105 Å². The number of ether oxygens (including phenoxy) is 2. The van der Waals surface area contributed by atoms with Crippen molar-refractivity contribution in [3.05, 3.63) is 75.9 Å². The van der Waals surface area contributed by atoms with Crippen molar-refractivity contribution < 1.29 is 14.4 Å². The van der Waals surface area contributed by atoms with E-state index in [1.807, 2.05) is 18.2 Å². The molecule has 0 aliphatic heterocycles. The summed E-state index contributed by atoms with van der Waals surface area (Å²) in [6.45, 7) is 1.91. The molecule has 0 radical (unpaired) electrons. The highest BCUT2D eigenvalue weighted by molar-refractivity contribution is 5.80. The van der Waals surface area contributed by atoms with Gasteiger partial charge in [-0.1, -0.05) is 0 Å². The fraction of sp³-hybridized carbons (Fsp3) is 0.167. The van der Waals surface area contributed by atoms with Crippen molar-refractivity contribution in [3.63, 3.8) is 0 Å². The van der Waals surface area contributed by atoms with Crippen LogP contribution in [0.25, 0.3) is 0 Å². The van der Waals surface area contributed by atoms with Crippen LogP contribution in [0.4, 0.5) is 5.69 Å². The number of aryl methyl sites for hydroxylation is 1. The Morgan fingerprint density at radius 3 is 2.81 bits per heavy atom. The van der Waals surface area contributed by atoms with E-state index in [9.17, 15) is 10.1 Å². The number of aromatic nitrogens is 3. The SMILES string of the molecule is COc1ccc(/C=N\n2cncn2)cc1COc1ccc([N+](=O)[O-])c(C)c1. The highest BCUT2D eigenvalue weighted by Gasteiger charge is 2.11. The molecule has 0 amide bonds. The molecule has 3 aromatic rings. The van der Waals surface area contributed by atoms with Crippen LogP contribution in [0.15, 0.2) is 54.2 Å². The summed E-state index contributed by atoms with van der Waals surface area (Å²) in [5, 5.41) is 19.0. The first kappa shape index (κ1) is 18.1. The summed E-state index contributed by atoms with van der Waals surface area (Å²) in [5.41, 5.74) is 2.25. The van der Waals surface area contributed by atoms with E-state index in [0.717, 1.165) is 11.1 Å². The van der Waals surface area contributed by atoms with Crippen LogP contribution in [0.1, 0.15) is 16.7 Å². The summed E-state index contributed by atoms with van der Waals surface area (Å²) in [5.74, 6) is 1.22. The number of nitro benzene ring substituents is 1. The third kappa shape index (κ3) is 4.46. The average molecular weight is 367 g/mol. The number of nitro groups is 1. The Labute approximate surface area is 155 Å². The van der Waals surface area contributed by atoms with Crippen molar-refractivity contribution in [3.8, 4) is 11.5 Å². The molecule has 0 saturated heterocycles. The fourth-order valence-corrected chi connectivity index (χ4v) is 2.46. The Morgan fingerprint density at radius 2 is 2.15 bits per heavy atom. The van der Waals surface area contributed by atoms with Crippen LogP contribution in [0.5, 0.6) is 11.5 Å². The first-order valence-electron chi connectivity index (χ1n) is 8.00. The molecule has 0 atom stereocenters. The van der Waals surface area contributed by atoms with Gasteiger partial charge in [-0.05, 0) is 42.8 Å². The zero-order valence-corrected chi connectivity index (χ0v) is 14.8. The first-order chi connectivity index (χ1) is 13.1. The van der Waals surface area contributed by atoms with Crippen molar-refractivity contribution in [2.24, 2.45) is 5.10 Å². The number of methoxy groups -OCH3 is 1. The van der Waals surface area contributed by atoms with Gasteiger partial charge in [0.25, 0.3) is 5.69 Å². The molecule has 3 rings (SSSR count). The van der Waals surface area contributed by atoms with Crippen LogP contribution in [0.3, 0.4) is 0 Å². The summed E-state index contributed by atoms with van der Waals surface area (Å²) in [6.07, 6.45) is 4.53. The summed E-state index contributed by atoms with van der Waals surface area (Å²) < 4.78 is 11.2. The molecule has 0 saturated carbocycles. The summed E-state index contributed by atoms with van der Waals surface area (Å²) >= 11 is 0. The minimum atomic E-state index is -0.417. The highest BCUT2D eigenvalue weighted by Crippen LogP contribution is 2.25. The van der Waals surface area contributed by atoms with Gasteiger partial charge in [0, 0.05) is 17.2 Å². The fourth-order valence-electron chi connectivity index (χ4n) is 2.46. The molecule has 0 aliphatic rings. The molecule has 0 fully saturated rings. The Balaban J connectivity index is 1.76. The molecule has 0 aliphatic carbocycles. The third-order valence-corrected chi connectivity index (χ3v) is 3.80. The lowest BCUT2D eigenvalue weighted by Crippen LogP contribution is -2.01. The van der Waals surface area contributed by atoms with Gasteiger partial charge < -0.3 is 9.47 Å². The highest BCUT2D eigenvalue weighted by atomic mass is 16.6. The molecule has 27 heavy (non-hydrogen) atoms. The average Bonchev–Trinajstić information content (AvgIpc) is 3.18. The molecule has 9 heteroatoms. The molecule has 138 valence electrons. The maximum absolute atomic E-state index is 10.9. The van der Waals surface area contributed by atoms with Crippen LogP contribution in [0.2, 0.25) is 0 Å². The standard InChI is InChI=1S/C18H17N5O4/c1-13-7-16(4-5-17(13)23(24)25)27-10-15-8-14(3-6-18(15)26-2)9-20-22-12-19-11-21-22/h3-9,11-12H,10H2,1-2H3/b20-9-. The lowest BCUT2D eigenvalue weighted by Gasteiger charge is -2.11. The number of rotatable bonds is 7. The Bertz CT molecular complexity index is 970. The van der Waals surface area contributed by atoms with Gasteiger partial charge in [-0.15, -0.1) is 9.89 Å². The molecule has 2 aromatic carbocycles. The second kappa shape index (κ2) is 8.09. The summed E-state index contributed by atoms with van der Waals surface area (Å²) in [7, 11) is 1.58. The molecule has 0 spiro atoms. The predicted octanol–water partition coefficient (Wildman–Crippen LogP) is 2.96. The monoisotopic (exact) mass is 367 g/mol. The normalized spacial score (nSPS) is 10.9. The largest absolute Gasteiger partial charge is 0.496 e. The maximum atomic E-state index is 10.9. The number of nitrogens with zero attached hydrogens (tertiary/aromatic N) is 5. The van der Waals surface area contributed by atoms with Gasteiger partial charge >= 0.3 is 0 Å². The lowest BCUT2D eigenvalue weighted by molar-refractivity contribution is -0.385. The van der Waals surface area contributed by atoms with Crippen molar-refractivity contribution in [1.82, 2.24) is 14.9 Å².